The fourth-order valence-electron chi connectivity index (χ4n) is 2.52. The van der Waals surface area contributed by atoms with Gasteiger partial charge in [-0.1, -0.05) is 12.1 Å². The van der Waals surface area contributed by atoms with Crippen LogP contribution < -0.4 is 10.1 Å². The van der Waals surface area contributed by atoms with Crippen LogP contribution in [0.25, 0.3) is 11.5 Å². The van der Waals surface area contributed by atoms with Gasteiger partial charge in [0.2, 0.25) is 5.89 Å². The van der Waals surface area contributed by atoms with Gasteiger partial charge >= 0.3 is 0 Å². The van der Waals surface area contributed by atoms with Crippen LogP contribution in [0.5, 0.6) is 5.75 Å². The van der Waals surface area contributed by atoms with Crippen molar-refractivity contribution < 1.29 is 9.15 Å². The van der Waals surface area contributed by atoms with E-state index in [1.165, 1.54) is 12.8 Å². The molecule has 2 heterocycles. The molecule has 0 spiro atoms. The van der Waals surface area contributed by atoms with Crippen LogP contribution in [0.1, 0.15) is 18.6 Å². The molecule has 3 rings (SSSR count). The average Bonchev–Trinajstić information content (AvgIpc) is 3.11. The van der Waals surface area contributed by atoms with Crippen molar-refractivity contribution in [1.29, 1.82) is 0 Å². The Labute approximate surface area is 112 Å². The summed E-state index contributed by atoms with van der Waals surface area (Å²) >= 11 is 0. The van der Waals surface area contributed by atoms with Gasteiger partial charge in [0.05, 0.1) is 18.9 Å². The number of methoxy groups -OCH3 is 1. The van der Waals surface area contributed by atoms with Crippen molar-refractivity contribution >= 4 is 0 Å². The maximum absolute atomic E-state index is 5.84. The first-order valence-corrected chi connectivity index (χ1v) is 6.68. The number of benzene rings is 1. The first-order valence-electron chi connectivity index (χ1n) is 6.68. The average molecular weight is 258 g/mol. The lowest BCUT2D eigenvalue weighted by atomic mass is 10.1. The van der Waals surface area contributed by atoms with Gasteiger partial charge in [0.15, 0.2) is 0 Å². The number of para-hydroxylation sites is 1. The van der Waals surface area contributed by atoms with E-state index >= 15 is 0 Å². The van der Waals surface area contributed by atoms with Crippen molar-refractivity contribution in [2.24, 2.45) is 0 Å². The number of aromatic nitrogens is 1. The zero-order valence-corrected chi connectivity index (χ0v) is 11.1. The van der Waals surface area contributed by atoms with Crippen LogP contribution in [0.15, 0.2) is 34.9 Å². The smallest absolute Gasteiger partial charge is 0.229 e. The van der Waals surface area contributed by atoms with Crippen LogP contribution in [0, 0.1) is 0 Å². The van der Waals surface area contributed by atoms with Crippen molar-refractivity contribution in [2.45, 2.75) is 25.3 Å². The molecule has 1 aromatic carbocycles. The predicted molar refractivity (Wildman–Crippen MR) is 73.2 cm³/mol. The predicted octanol–water partition coefficient (Wildman–Crippen LogP) is 2.64. The monoisotopic (exact) mass is 258 g/mol. The first kappa shape index (κ1) is 12.2. The number of hydrogen-bond acceptors (Lipinski definition) is 4. The van der Waals surface area contributed by atoms with Crippen LogP contribution in [0.2, 0.25) is 0 Å². The minimum absolute atomic E-state index is 0.526. The van der Waals surface area contributed by atoms with Crippen LogP contribution in [0.4, 0.5) is 0 Å². The lowest BCUT2D eigenvalue weighted by Crippen LogP contribution is -2.23. The van der Waals surface area contributed by atoms with Gasteiger partial charge < -0.3 is 14.5 Å². The Balaban J connectivity index is 1.80. The molecular weight excluding hydrogens is 240 g/mol. The van der Waals surface area contributed by atoms with Gasteiger partial charge in [-0.15, -0.1) is 0 Å². The third-order valence-electron chi connectivity index (χ3n) is 3.50. The van der Waals surface area contributed by atoms with E-state index in [9.17, 15) is 0 Å². The molecule has 1 saturated heterocycles. The molecule has 1 N–H and O–H groups in total. The zero-order chi connectivity index (χ0) is 13.1. The molecule has 1 aliphatic rings. The third kappa shape index (κ3) is 2.63. The molecule has 1 aliphatic heterocycles. The quantitative estimate of drug-likeness (QED) is 0.915. The summed E-state index contributed by atoms with van der Waals surface area (Å²) in [6, 6.07) is 8.30. The number of hydrogen-bond donors (Lipinski definition) is 1. The molecule has 1 fully saturated rings. The summed E-state index contributed by atoms with van der Waals surface area (Å²) in [6.07, 6.45) is 5.19. The van der Waals surface area contributed by atoms with Gasteiger partial charge in [0.1, 0.15) is 11.5 Å². The number of oxazole rings is 1. The highest BCUT2D eigenvalue weighted by atomic mass is 16.5. The van der Waals surface area contributed by atoms with Gasteiger partial charge in [-0.3, -0.25) is 0 Å². The van der Waals surface area contributed by atoms with E-state index in [0.29, 0.717) is 11.9 Å². The Hall–Kier alpha value is -1.81. The highest BCUT2D eigenvalue weighted by molar-refractivity contribution is 5.62. The van der Waals surface area contributed by atoms with Gasteiger partial charge in [-0.25, -0.2) is 4.98 Å². The van der Waals surface area contributed by atoms with Crippen LogP contribution >= 0.6 is 0 Å². The maximum atomic E-state index is 5.84. The molecule has 100 valence electrons. The second-order valence-corrected chi connectivity index (χ2v) is 4.83. The molecule has 0 bridgehead atoms. The third-order valence-corrected chi connectivity index (χ3v) is 3.50. The Kier molecular flexibility index (Phi) is 3.51. The highest BCUT2D eigenvalue weighted by Crippen LogP contribution is 2.29. The molecule has 2 aromatic rings. The Morgan fingerprint density at radius 2 is 2.32 bits per heavy atom. The molecule has 4 heteroatoms. The highest BCUT2D eigenvalue weighted by Gasteiger charge is 2.18. The van der Waals surface area contributed by atoms with Crippen LogP contribution in [-0.4, -0.2) is 24.7 Å². The Bertz CT molecular complexity index is 545. The molecule has 1 atom stereocenters. The van der Waals surface area contributed by atoms with Gasteiger partial charge in [0, 0.05) is 12.5 Å². The Morgan fingerprint density at radius 3 is 3.11 bits per heavy atom. The van der Waals surface area contributed by atoms with E-state index < -0.39 is 0 Å². The van der Waals surface area contributed by atoms with Crippen molar-refractivity contribution in [3.63, 3.8) is 0 Å². The minimum atomic E-state index is 0.526. The molecule has 0 aliphatic carbocycles. The number of nitrogens with zero attached hydrogens (tertiary/aromatic N) is 1. The second-order valence-electron chi connectivity index (χ2n) is 4.83. The maximum Gasteiger partial charge on any atom is 0.229 e. The van der Waals surface area contributed by atoms with Crippen LogP contribution in [0.3, 0.4) is 0 Å². The fourth-order valence-corrected chi connectivity index (χ4v) is 2.52. The molecule has 1 aromatic heterocycles. The summed E-state index contributed by atoms with van der Waals surface area (Å²) in [6.45, 7) is 1.11. The summed E-state index contributed by atoms with van der Waals surface area (Å²) in [4.78, 5) is 4.36. The van der Waals surface area contributed by atoms with E-state index in [2.05, 4.69) is 10.3 Å². The molecule has 19 heavy (non-hydrogen) atoms. The van der Waals surface area contributed by atoms with Gasteiger partial charge in [-0.2, -0.15) is 0 Å². The van der Waals surface area contributed by atoms with Crippen LogP contribution in [-0.2, 0) is 6.42 Å². The summed E-state index contributed by atoms with van der Waals surface area (Å²) in [5.41, 5.74) is 0.899. The molecule has 0 amide bonds. The summed E-state index contributed by atoms with van der Waals surface area (Å²) in [5, 5.41) is 3.46. The topological polar surface area (TPSA) is 47.3 Å². The normalized spacial score (nSPS) is 18.7. The molecule has 4 nitrogen and oxygen atoms in total. The summed E-state index contributed by atoms with van der Waals surface area (Å²) in [5.74, 6) is 2.35. The number of nitrogens with one attached hydrogen (secondary N) is 1. The van der Waals surface area contributed by atoms with Gasteiger partial charge in [0.25, 0.3) is 0 Å². The summed E-state index contributed by atoms with van der Waals surface area (Å²) in [7, 11) is 1.66. The number of rotatable bonds is 4. The van der Waals surface area contributed by atoms with Crippen molar-refractivity contribution in [1.82, 2.24) is 10.3 Å². The second kappa shape index (κ2) is 5.45. The van der Waals surface area contributed by atoms with E-state index in [-0.39, 0.29) is 0 Å². The fraction of sp³-hybridized carbons (Fsp3) is 0.400. The largest absolute Gasteiger partial charge is 0.496 e. The molecule has 0 saturated carbocycles. The summed E-state index contributed by atoms with van der Waals surface area (Å²) < 4.78 is 11.2. The van der Waals surface area contributed by atoms with Crippen molar-refractivity contribution in [2.75, 3.05) is 13.7 Å². The number of ether oxygens (including phenoxy) is 1. The van der Waals surface area contributed by atoms with E-state index in [1.54, 1.807) is 7.11 Å². The zero-order valence-electron chi connectivity index (χ0n) is 11.1. The van der Waals surface area contributed by atoms with Crippen molar-refractivity contribution in [3.8, 4) is 17.2 Å². The first-order chi connectivity index (χ1) is 9.36. The lowest BCUT2D eigenvalue weighted by molar-refractivity contribution is 0.413. The van der Waals surface area contributed by atoms with E-state index in [0.717, 1.165) is 30.0 Å². The molecule has 1 unspecified atom stereocenters. The van der Waals surface area contributed by atoms with Crippen molar-refractivity contribution in [3.05, 3.63) is 36.2 Å². The van der Waals surface area contributed by atoms with Gasteiger partial charge in [-0.05, 0) is 31.5 Å². The standard InChI is InChI=1S/C15H18N2O2/c1-18-14-7-3-2-6-13(14)15-17-10-12(19-15)9-11-5-4-8-16-11/h2-3,6-7,10-11,16H,4-5,8-9H2,1H3. The lowest BCUT2D eigenvalue weighted by Gasteiger charge is -2.06. The molecule has 0 radical (unpaired) electrons. The van der Waals surface area contributed by atoms with E-state index in [1.807, 2.05) is 30.5 Å². The minimum Gasteiger partial charge on any atom is -0.496 e. The molecular formula is C15H18N2O2. The van der Waals surface area contributed by atoms with E-state index in [4.69, 9.17) is 9.15 Å². The SMILES string of the molecule is COc1ccccc1-c1ncc(CC2CCCN2)o1. The Morgan fingerprint density at radius 1 is 1.42 bits per heavy atom.